The second-order valence-electron chi connectivity index (χ2n) is 7.77. The Morgan fingerprint density at radius 3 is 2.37 bits per heavy atom. The molecule has 0 radical (unpaired) electrons. The number of hydrogen-bond acceptors (Lipinski definition) is 5. The van der Waals surface area contributed by atoms with Gasteiger partial charge in [-0.2, -0.15) is 0 Å². The fourth-order valence-electron chi connectivity index (χ4n) is 5.22. The van der Waals surface area contributed by atoms with E-state index >= 15 is 0 Å². The zero-order valence-electron chi connectivity index (χ0n) is 14.3. The maximum absolute atomic E-state index is 12.8. The van der Waals surface area contributed by atoms with Gasteiger partial charge in [-0.15, -0.1) is 0 Å². The predicted octanol–water partition coefficient (Wildman–Crippen LogP) is 1.59. The van der Waals surface area contributed by atoms with Crippen LogP contribution < -0.4 is 5.32 Å². The van der Waals surface area contributed by atoms with Gasteiger partial charge in [-0.3, -0.25) is 29.4 Å². The number of allylic oxidation sites excluding steroid dienone is 2. The molecule has 0 spiro atoms. The Labute approximate surface area is 154 Å². The van der Waals surface area contributed by atoms with E-state index in [1.54, 1.807) is 0 Å². The quantitative estimate of drug-likeness (QED) is 0.376. The summed E-state index contributed by atoms with van der Waals surface area (Å²) in [5.41, 5.74) is 0.114. The highest BCUT2D eigenvalue weighted by Gasteiger charge is 2.67. The van der Waals surface area contributed by atoms with Gasteiger partial charge in [0.1, 0.15) is 6.54 Å². The number of benzene rings is 1. The molecule has 4 aliphatic carbocycles. The number of non-ortho nitro benzene ring substituents is 1. The zero-order chi connectivity index (χ0) is 18.9. The molecule has 0 unspecified atom stereocenters. The monoisotopic (exact) mass is 367 g/mol. The summed E-state index contributed by atoms with van der Waals surface area (Å²) in [6.07, 6.45) is 5.25. The van der Waals surface area contributed by atoms with E-state index in [2.05, 4.69) is 17.5 Å². The van der Waals surface area contributed by atoms with Crippen molar-refractivity contribution in [1.82, 2.24) is 4.90 Å². The molecule has 6 rings (SSSR count). The molecule has 1 heterocycles. The average Bonchev–Trinajstić information content (AvgIpc) is 3.43. The maximum Gasteiger partial charge on any atom is 0.271 e. The van der Waals surface area contributed by atoms with Gasteiger partial charge in [-0.1, -0.05) is 18.2 Å². The Morgan fingerprint density at radius 1 is 1.15 bits per heavy atom. The van der Waals surface area contributed by atoms with Crippen LogP contribution in [0.25, 0.3) is 0 Å². The summed E-state index contributed by atoms with van der Waals surface area (Å²) < 4.78 is 0. The smallest absolute Gasteiger partial charge is 0.271 e. The van der Waals surface area contributed by atoms with Crippen molar-refractivity contribution in [1.29, 1.82) is 0 Å². The number of nitro groups is 1. The number of likely N-dealkylation sites (tertiary alicyclic amines) is 1. The fraction of sp³-hybridized carbons (Fsp3) is 0.421. The predicted molar refractivity (Wildman–Crippen MR) is 93.1 cm³/mol. The van der Waals surface area contributed by atoms with Crippen LogP contribution in [0.2, 0.25) is 0 Å². The number of amides is 3. The van der Waals surface area contributed by atoms with E-state index in [1.165, 1.54) is 24.3 Å². The third-order valence-electron chi connectivity index (χ3n) is 6.40. The van der Waals surface area contributed by atoms with Crippen molar-refractivity contribution in [2.24, 2.45) is 35.5 Å². The number of anilines is 1. The van der Waals surface area contributed by atoms with Crippen molar-refractivity contribution >= 4 is 29.1 Å². The molecular weight excluding hydrogens is 350 g/mol. The lowest BCUT2D eigenvalue weighted by molar-refractivity contribution is -0.384. The number of nitro benzene ring substituents is 1. The molecule has 1 aromatic carbocycles. The maximum atomic E-state index is 12.8. The van der Waals surface area contributed by atoms with Crippen LogP contribution in [-0.4, -0.2) is 34.1 Å². The molecule has 6 atom stereocenters. The molecule has 8 nitrogen and oxygen atoms in total. The van der Waals surface area contributed by atoms with Crippen LogP contribution in [0.1, 0.15) is 6.42 Å². The third kappa shape index (κ3) is 2.32. The van der Waals surface area contributed by atoms with E-state index in [-0.39, 0.29) is 53.4 Å². The SMILES string of the molecule is O=C(CN1C(=O)[C@@H]2[C@H]3C=C[C@@H]([C@@H]4C[C@H]34)[C@H]2C1=O)Nc1cccc([N+](=O)[O-])c1. The minimum Gasteiger partial charge on any atom is -0.324 e. The molecule has 5 aliphatic rings. The Morgan fingerprint density at radius 2 is 1.78 bits per heavy atom. The topological polar surface area (TPSA) is 110 Å². The highest BCUT2D eigenvalue weighted by Crippen LogP contribution is 2.65. The van der Waals surface area contributed by atoms with Gasteiger partial charge in [0.25, 0.3) is 5.69 Å². The number of hydrogen-bond donors (Lipinski definition) is 1. The molecule has 1 aliphatic heterocycles. The van der Waals surface area contributed by atoms with Crippen LogP contribution >= 0.6 is 0 Å². The summed E-state index contributed by atoms with van der Waals surface area (Å²) in [4.78, 5) is 49.4. The van der Waals surface area contributed by atoms with Crippen molar-refractivity contribution in [3.63, 3.8) is 0 Å². The van der Waals surface area contributed by atoms with Crippen LogP contribution in [0.5, 0.6) is 0 Å². The highest BCUT2D eigenvalue weighted by atomic mass is 16.6. The minimum absolute atomic E-state index is 0.117. The van der Waals surface area contributed by atoms with E-state index in [9.17, 15) is 24.5 Å². The van der Waals surface area contributed by atoms with Crippen molar-refractivity contribution in [2.75, 3.05) is 11.9 Å². The Kier molecular flexibility index (Phi) is 3.28. The summed E-state index contributed by atoms with van der Waals surface area (Å²) >= 11 is 0. The number of imide groups is 1. The normalized spacial score (nSPS) is 35.0. The van der Waals surface area contributed by atoms with Gasteiger partial charge in [0, 0.05) is 17.8 Å². The second-order valence-corrected chi connectivity index (χ2v) is 7.77. The Hall–Kier alpha value is -3.03. The standard InChI is InChI=1S/C19H17N3O5/c23-15(20-9-2-1-3-10(6-9)22(26)27)8-21-18(24)16-11-4-5-12(14-7-13(11)14)17(16)19(21)25/h1-6,11-14,16-17H,7-8H2,(H,20,23)/t11-,12-,13-,14+,16+,17+/m0/s1. The van der Waals surface area contributed by atoms with Gasteiger partial charge in [-0.25, -0.2) is 0 Å². The number of nitrogens with zero attached hydrogens (tertiary/aromatic N) is 2. The zero-order valence-corrected chi connectivity index (χ0v) is 14.3. The summed E-state index contributed by atoms with van der Waals surface area (Å²) in [5, 5.41) is 13.4. The van der Waals surface area contributed by atoms with E-state index < -0.39 is 10.8 Å². The molecule has 1 saturated heterocycles. The fourth-order valence-corrected chi connectivity index (χ4v) is 5.22. The van der Waals surface area contributed by atoms with Gasteiger partial charge in [0.05, 0.1) is 16.8 Å². The second kappa shape index (κ2) is 5.48. The summed E-state index contributed by atoms with van der Waals surface area (Å²) in [6.45, 7) is -0.359. The van der Waals surface area contributed by atoms with Crippen molar-refractivity contribution < 1.29 is 19.3 Å². The first-order chi connectivity index (χ1) is 13.0. The minimum atomic E-state index is -0.554. The third-order valence-corrected chi connectivity index (χ3v) is 6.40. The summed E-state index contributed by atoms with van der Waals surface area (Å²) in [6, 6.07) is 5.55. The van der Waals surface area contributed by atoms with Crippen LogP contribution in [0.3, 0.4) is 0 Å². The first-order valence-electron chi connectivity index (χ1n) is 9.03. The molecule has 0 aromatic heterocycles. The van der Waals surface area contributed by atoms with Gasteiger partial charge >= 0.3 is 0 Å². The number of rotatable bonds is 4. The van der Waals surface area contributed by atoms with Gasteiger partial charge < -0.3 is 5.32 Å². The van der Waals surface area contributed by atoms with E-state index in [4.69, 9.17) is 0 Å². The molecule has 2 saturated carbocycles. The van der Waals surface area contributed by atoms with Crippen LogP contribution in [0.4, 0.5) is 11.4 Å². The number of carbonyl (C=O) groups excluding carboxylic acids is 3. The number of carbonyl (C=O) groups is 3. The lowest BCUT2D eigenvalue weighted by Gasteiger charge is -2.37. The molecule has 27 heavy (non-hydrogen) atoms. The largest absolute Gasteiger partial charge is 0.324 e. The molecular formula is C19H17N3O5. The van der Waals surface area contributed by atoms with E-state index in [0.29, 0.717) is 11.8 Å². The van der Waals surface area contributed by atoms with Gasteiger partial charge in [0.15, 0.2) is 0 Å². The Bertz CT molecular complexity index is 890. The molecule has 1 aromatic rings. The van der Waals surface area contributed by atoms with Crippen LogP contribution in [0, 0.1) is 45.6 Å². The van der Waals surface area contributed by atoms with Crippen molar-refractivity contribution in [3.05, 3.63) is 46.5 Å². The molecule has 3 amide bonds. The molecule has 3 fully saturated rings. The van der Waals surface area contributed by atoms with E-state index in [0.717, 1.165) is 11.3 Å². The first-order valence-corrected chi connectivity index (χ1v) is 9.03. The lowest BCUT2D eigenvalue weighted by Crippen LogP contribution is -2.40. The van der Waals surface area contributed by atoms with Crippen LogP contribution in [0.15, 0.2) is 36.4 Å². The average molecular weight is 367 g/mol. The summed E-state index contributed by atoms with van der Waals surface area (Å²) in [5.74, 6) is -0.469. The van der Waals surface area contributed by atoms with Gasteiger partial charge in [0.2, 0.25) is 17.7 Å². The van der Waals surface area contributed by atoms with Crippen LogP contribution in [-0.2, 0) is 14.4 Å². The lowest BCUT2D eigenvalue weighted by atomic mass is 9.63. The van der Waals surface area contributed by atoms with Crippen molar-refractivity contribution in [2.45, 2.75) is 6.42 Å². The first kappa shape index (κ1) is 16.2. The molecule has 138 valence electrons. The van der Waals surface area contributed by atoms with E-state index in [1.807, 2.05) is 0 Å². The highest BCUT2D eigenvalue weighted by molar-refractivity contribution is 6.09. The molecule has 8 heteroatoms. The Balaban J connectivity index is 1.31. The molecule has 2 bridgehead atoms. The summed E-state index contributed by atoms with van der Waals surface area (Å²) in [7, 11) is 0. The van der Waals surface area contributed by atoms with Crippen molar-refractivity contribution in [3.8, 4) is 0 Å². The van der Waals surface area contributed by atoms with Gasteiger partial charge in [-0.05, 0) is 36.2 Å². The molecule has 1 N–H and O–H groups in total. The number of nitrogens with one attached hydrogen (secondary N) is 1.